The number of rotatable bonds is 8. The number of nitrogens with one attached hydrogen (secondary N) is 2. The van der Waals surface area contributed by atoms with Gasteiger partial charge in [0.1, 0.15) is 12.0 Å². The molecule has 32 heavy (non-hydrogen) atoms. The van der Waals surface area contributed by atoms with Crippen LogP contribution in [-0.4, -0.2) is 63.6 Å². The van der Waals surface area contributed by atoms with Crippen molar-refractivity contribution in [1.29, 1.82) is 0 Å². The van der Waals surface area contributed by atoms with E-state index in [4.69, 9.17) is 0 Å². The topological polar surface area (TPSA) is 107 Å². The number of nitrogens with zero attached hydrogens (tertiary/aromatic N) is 3. The quantitative estimate of drug-likeness (QED) is 0.571. The Labute approximate surface area is 188 Å². The van der Waals surface area contributed by atoms with Gasteiger partial charge in [0.2, 0.25) is 5.91 Å². The van der Waals surface area contributed by atoms with Crippen molar-refractivity contribution in [2.75, 3.05) is 19.6 Å². The van der Waals surface area contributed by atoms with E-state index in [1.165, 1.54) is 24.4 Å². The van der Waals surface area contributed by atoms with Gasteiger partial charge in [0.15, 0.2) is 0 Å². The molecule has 8 heteroatoms. The minimum absolute atomic E-state index is 0.00161. The van der Waals surface area contributed by atoms with Crippen LogP contribution in [0.5, 0.6) is 0 Å². The van der Waals surface area contributed by atoms with E-state index < -0.39 is 6.10 Å². The van der Waals surface area contributed by atoms with Gasteiger partial charge in [-0.05, 0) is 48.8 Å². The number of amides is 2. The van der Waals surface area contributed by atoms with Crippen molar-refractivity contribution < 1.29 is 14.7 Å². The van der Waals surface area contributed by atoms with Gasteiger partial charge in [-0.2, -0.15) is 0 Å². The molecule has 0 radical (unpaired) electrons. The predicted molar refractivity (Wildman–Crippen MR) is 120 cm³/mol. The van der Waals surface area contributed by atoms with Crippen molar-refractivity contribution in [3.8, 4) is 0 Å². The maximum atomic E-state index is 12.5. The van der Waals surface area contributed by atoms with Gasteiger partial charge in [-0.1, -0.05) is 24.3 Å². The van der Waals surface area contributed by atoms with Crippen LogP contribution in [0.25, 0.3) is 0 Å². The highest BCUT2D eigenvalue weighted by molar-refractivity contribution is 5.92. The van der Waals surface area contributed by atoms with Crippen molar-refractivity contribution in [3.05, 3.63) is 59.2 Å². The van der Waals surface area contributed by atoms with Crippen LogP contribution in [0.2, 0.25) is 0 Å². The zero-order valence-corrected chi connectivity index (χ0v) is 18.5. The largest absolute Gasteiger partial charge is 0.390 e. The number of carbonyl (C=O) groups is 2. The predicted octanol–water partition coefficient (Wildman–Crippen LogP) is 1.08. The van der Waals surface area contributed by atoms with E-state index in [2.05, 4.69) is 43.7 Å². The summed E-state index contributed by atoms with van der Waals surface area (Å²) in [5.74, 6) is 0.150. The second-order valence-electron chi connectivity index (χ2n) is 8.95. The van der Waals surface area contributed by atoms with Gasteiger partial charge in [0.25, 0.3) is 5.91 Å². The third kappa shape index (κ3) is 5.89. The molecular weight excluding hydrogens is 406 g/mol. The summed E-state index contributed by atoms with van der Waals surface area (Å²) in [6.07, 6.45) is 4.36. The Morgan fingerprint density at radius 3 is 2.78 bits per heavy atom. The highest BCUT2D eigenvalue weighted by Gasteiger charge is 2.30. The molecule has 170 valence electrons. The average molecular weight is 438 g/mol. The molecule has 0 unspecified atom stereocenters. The lowest BCUT2D eigenvalue weighted by atomic mass is 9.77. The molecule has 1 aliphatic heterocycles. The number of benzene rings is 1. The van der Waals surface area contributed by atoms with E-state index in [1.54, 1.807) is 6.07 Å². The summed E-state index contributed by atoms with van der Waals surface area (Å²) in [6.45, 7) is 3.95. The number of aliphatic hydroxyl groups is 1. The molecule has 1 aromatic carbocycles. The van der Waals surface area contributed by atoms with Crippen molar-refractivity contribution >= 4 is 11.8 Å². The second kappa shape index (κ2) is 10.2. The van der Waals surface area contributed by atoms with Gasteiger partial charge in [-0.3, -0.25) is 14.5 Å². The fourth-order valence-corrected chi connectivity index (χ4v) is 4.61. The number of β-amino-alcohol motifs (C(OH)–C–C–N with tert-alkyl or cyclic N) is 1. The molecule has 0 bridgehead atoms. The summed E-state index contributed by atoms with van der Waals surface area (Å²) in [5.41, 5.74) is 3.81. The van der Waals surface area contributed by atoms with Crippen LogP contribution < -0.4 is 10.6 Å². The third-order valence-corrected chi connectivity index (χ3v) is 6.27. The van der Waals surface area contributed by atoms with Crippen molar-refractivity contribution in [2.45, 2.75) is 51.3 Å². The first-order valence-corrected chi connectivity index (χ1v) is 11.3. The Bertz CT molecular complexity index is 960. The number of fused-ring (bicyclic) bond motifs is 1. The Balaban J connectivity index is 1.21. The second-order valence-corrected chi connectivity index (χ2v) is 8.95. The molecule has 1 fully saturated rings. The Morgan fingerprint density at radius 1 is 1.22 bits per heavy atom. The first-order chi connectivity index (χ1) is 15.5. The number of hydrogen-bond donors (Lipinski definition) is 3. The summed E-state index contributed by atoms with van der Waals surface area (Å²) in [4.78, 5) is 34.2. The van der Waals surface area contributed by atoms with Gasteiger partial charge in [-0.25, -0.2) is 9.97 Å². The number of aromatic nitrogens is 2. The number of carbonyl (C=O) groups excluding carboxylic acids is 2. The van der Waals surface area contributed by atoms with E-state index in [9.17, 15) is 14.7 Å². The van der Waals surface area contributed by atoms with E-state index in [0.29, 0.717) is 18.2 Å². The zero-order chi connectivity index (χ0) is 22.5. The maximum Gasteiger partial charge on any atom is 0.270 e. The monoisotopic (exact) mass is 437 g/mol. The lowest BCUT2D eigenvalue weighted by Gasteiger charge is -2.35. The molecular formula is C24H31N5O3. The van der Waals surface area contributed by atoms with Crippen LogP contribution in [0.4, 0.5) is 0 Å². The lowest BCUT2D eigenvalue weighted by Crippen LogP contribution is -2.44. The Morgan fingerprint density at radius 2 is 2.00 bits per heavy atom. The van der Waals surface area contributed by atoms with Crippen LogP contribution in [0.1, 0.15) is 47.1 Å². The molecule has 2 heterocycles. The van der Waals surface area contributed by atoms with Gasteiger partial charge >= 0.3 is 0 Å². The van der Waals surface area contributed by atoms with Crippen molar-refractivity contribution in [3.63, 3.8) is 0 Å². The minimum Gasteiger partial charge on any atom is -0.390 e. The molecule has 1 saturated carbocycles. The fraction of sp³-hybridized carbons (Fsp3) is 0.500. The van der Waals surface area contributed by atoms with Crippen molar-refractivity contribution in [2.24, 2.45) is 5.92 Å². The smallest absolute Gasteiger partial charge is 0.270 e. The van der Waals surface area contributed by atoms with Crippen LogP contribution in [0.3, 0.4) is 0 Å². The van der Waals surface area contributed by atoms with E-state index in [0.717, 1.165) is 44.5 Å². The van der Waals surface area contributed by atoms with Crippen LogP contribution in [0.15, 0.2) is 36.7 Å². The fourth-order valence-electron chi connectivity index (χ4n) is 4.61. The molecule has 0 spiro atoms. The highest BCUT2D eigenvalue weighted by atomic mass is 16.3. The summed E-state index contributed by atoms with van der Waals surface area (Å²) in [5, 5.41) is 16.1. The van der Waals surface area contributed by atoms with Gasteiger partial charge in [-0.15, -0.1) is 0 Å². The number of hydrogen-bond acceptors (Lipinski definition) is 6. The van der Waals surface area contributed by atoms with Gasteiger partial charge < -0.3 is 15.7 Å². The normalized spacial score (nSPS) is 21.2. The van der Waals surface area contributed by atoms with Crippen LogP contribution in [0, 0.1) is 5.92 Å². The molecule has 2 aromatic rings. The number of aliphatic hydroxyl groups excluding tert-OH is 1. The van der Waals surface area contributed by atoms with Gasteiger partial charge in [0, 0.05) is 44.8 Å². The average Bonchev–Trinajstić information content (AvgIpc) is 2.76. The standard InChI is InChI=1S/C24H31N5O3/c1-16(30)28-21-9-17(10-21)8-20-11-23(27-15-26-20)24(32)25-12-22(31)14-29-7-6-18-4-2-3-5-19(18)13-29/h2-5,11,15,17,21-22,31H,6-10,12-14H2,1H3,(H,25,32)(H,28,30)/t17?,21?,22-/m0/s1. The highest BCUT2D eigenvalue weighted by Crippen LogP contribution is 2.30. The Kier molecular flexibility index (Phi) is 7.12. The van der Waals surface area contributed by atoms with Crippen molar-refractivity contribution in [1.82, 2.24) is 25.5 Å². The zero-order valence-electron chi connectivity index (χ0n) is 18.5. The molecule has 1 atom stereocenters. The van der Waals surface area contributed by atoms with Crippen LogP contribution >= 0.6 is 0 Å². The summed E-state index contributed by atoms with van der Waals surface area (Å²) < 4.78 is 0. The molecule has 1 aliphatic carbocycles. The molecule has 3 N–H and O–H groups in total. The lowest BCUT2D eigenvalue weighted by molar-refractivity contribution is -0.120. The first kappa shape index (κ1) is 22.4. The first-order valence-electron chi connectivity index (χ1n) is 11.3. The third-order valence-electron chi connectivity index (χ3n) is 6.27. The molecule has 2 amide bonds. The van der Waals surface area contributed by atoms with Crippen LogP contribution in [-0.2, 0) is 24.2 Å². The SMILES string of the molecule is CC(=O)NC1CC(Cc2cc(C(=O)NC[C@H](O)CN3CCc4ccccc4C3)ncn2)C1. The van der Waals surface area contributed by atoms with E-state index >= 15 is 0 Å². The minimum atomic E-state index is -0.647. The summed E-state index contributed by atoms with van der Waals surface area (Å²) in [6, 6.07) is 10.4. The molecule has 0 saturated heterocycles. The van der Waals surface area contributed by atoms with E-state index in [1.807, 2.05) is 6.07 Å². The van der Waals surface area contributed by atoms with E-state index in [-0.39, 0.29) is 24.4 Å². The van der Waals surface area contributed by atoms with Gasteiger partial charge in [0.05, 0.1) is 6.10 Å². The molecule has 1 aromatic heterocycles. The Hall–Kier alpha value is -2.84. The molecule has 2 aliphatic rings. The summed E-state index contributed by atoms with van der Waals surface area (Å²) >= 11 is 0. The molecule has 4 rings (SSSR count). The summed E-state index contributed by atoms with van der Waals surface area (Å²) in [7, 11) is 0. The molecule has 8 nitrogen and oxygen atoms in total. The maximum absolute atomic E-state index is 12.5.